The number of esters is 1. The molecule has 0 saturated carbocycles. The molecule has 1 aromatic heterocycles. The molecule has 1 rings (SSSR count). The van der Waals surface area contributed by atoms with Crippen LogP contribution in [-0.2, 0) is 9.53 Å². The van der Waals surface area contributed by atoms with Gasteiger partial charge in [-0.1, -0.05) is 0 Å². The molecule has 0 amide bonds. The smallest absolute Gasteiger partial charge is 0.333 e. The van der Waals surface area contributed by atoms with Gasteiger partial charge in [0.2, 0.25) is 0 Å². The zero-order chi connectivity index (χ0) is 11.4. The monoisotopic (exact) mass is 318 g/mol. The minimum Gasteiger partial charge on any atom is -0.466 e. The Morgan fingerprint density at radius 3 is 2.93 bits per heavy atom. The van der Waals surface area contributed by atoms with Crippen molar-refractivity contribution < 1.29 is 9.53 Å². The molecular weight excluding hydrogens is 307 g/mol. The summed E-state index contributed by atoms with van der Waals surface area (Å²) in [6, 6.07) is 0. The van der Waals surface area contributed by atoms with Crippen LogP contribution in [-0.4, -0.2) is 24.8 Å². The molecule has 0 aliphatic rings. The number of rotatable bonds is 3. The molecule has 0 saturated heterocycles. The van der Waals surface area contributed by atoms with Crippen molar-refractivity contribution in [2.75, 3.05) is 7.11 Å². The van der Waals surface area contributed by atoms with E-state index in [1.54, 1.807) is 19.2 Å². The molecule has 1 aromatic rings. The lowest BCUT2D eigenvalue weighted by molar-refractivity contribution is -0.135. The molecule has 0 atom stereocenters. The van der Waals surface area contributed by atoms with Gasteiger partial charge in [0.1, 0.15) is 5.82 Å². The van der Waals surface area contributed by atoms with Crippen LogP contribution in [0.2, 0.25) is 0 Å². The molecule has 0 aromatic carbocycles. The first kappa shape index (κ1) is 12.0. The second kappa shape index (κ2) is 5.11. The number of nitrogens with one attached hydrogen (secondary N) is 1. The van der Waals surface area contributed by atoms with E-state index in [1.165, 1.54) is 7.11 Å². The molecule has 0 unspecified atom stereocenters. The molecule has 0 radical (unpaired) electrons. The lowest BCUT2D eigenvalue weighted by Crippen LogP contribution is -2.01. The summed E-state index contributed by atoms with van der Waals surface area (Å²) >= 11 is 2.16. The highest BCUT2D eigenvalue weighted by Crippen LogP contribution is 2.25. The third-order valence-electron chi connectivity index (χ3n) is 1.87. The number of methoxy groups -OCH3 is 1. The minimum atomic E-state index is -0.345. The molecule has 0 aliphatic carbocycles. The van der Waals surface area contributed by atoms with E-state index in [4.69, 9.17) is 0 Å². The first-order valence-electron chi connectivity index (χ1n) is 4.20. The molecule has 1 N–H and O–H groups in total. The van der Waals surface area contributed by atoms with Crippen molar-refractivity contribution >= 4 is 47.2 Å². The predicted octanol–water partition coefficient (Wildman–Crippen LogP) is 2.53. The third-order valence-corrected chi connectivity index (χ3v) is 2.77. The first-order chi connectivity index (χ1) is 7.10. The van der Waals surface area contributed by atoms with Crippen LogP contribution in [0.1, 0.15) is 12.5 Å². The Hall–Kier alpha value is -1.11. The Labute approximate surface area is 102 Å². The van der Waals surface area contributed by atoms with Crippen molar-refractivity contribution in [3.05, 3.63) is 20.9 Å². The van der Waals surface area contributed by atoms with Gasteiger partial charge >= 0.3 is 5.97 Å². The molecule has 0 aliphatic heterocycles. The Morgan fingerprint density at radius 2 is 2.40 bits per heavy atom. The Balaban J connectivity index is 3.11. The van der Waals surface area contributed by atoms with E-state index in [2.05, 4.69) is 44.0 Å². The van der Waals surface area contributed by atoms with Crippen LogP contribution in [0.3, 0.4) is 0 Å². The topological polar surface area (TPSA) is 54.5 Å². The number of halogens is 1. The van der Waals surface area contributed by atoms with E-state index < -0.39 is 0 Å². The number of carbonyl (C=O) groups is 1. The number of H-pyrrole nitrogens is 1. The van der Waals surface area contributed by atoms with Crippen LogP contribution in [0.4, 0.5) is 5.82 Å². The van der Waals surface area contributed by atoms with Gasteiger partial charge in [0.05, 0.1) is 7.11 Å². The average molecular weight is 318 g/mol. The zero-order valence-electron chi connectivity index (χ0n) is 8.50. The van der Waals surface area contributed by atoms with Gasteiger partial charge in [-0.3, -0.25) is 0 Å². The van der Waals surface area contributed by atoms with Gasteiger partial charge in [-0.05, 0) is 42.3 Å². The molecule has 0 spiro atoms. The fourth-order valence-corrected chi connectivity index (χ4v) is 1.67. The standard InChI is InChI=1S/C10H11IN2O2/c1-6(10(14)15-3)4-7-8(11)5-13-9(7)12-2/h4-5,13H,2H2,1,3H3/b6-4+. The maximum atomic E-state index is 11.2. The summed E-state index contributed by atoms with van der Waals surface area (Å²) in [6.07, 6.45) is 3.54. The average Bonchev–Trinajstić information content (AvgIpc) is 2.59. The van der Waals surface area contributed by atoms with Crippen LogP contribution >= 0.6 is 22.6 Å². The van der Waals surface area contributed by atoms with Gasteiger partial charge in [-0.2, -0.15) is 0 Å². The fraction of sp³-hybridized carbons (Fsp3) is 0.200. The molecular formula is C10H11IN2O2. The van der Waals surface area contributed by atoms with Crippen molar-refractivity contribution in [3.8, 4) is 0 Å². The molecule has 15 heavy (non-hydrogen) atoms. The number of aliphatic imine (C=N–C) groups is 1. The summed E-state index contributed by atoms with van der Waals surface area (Å²) in [5.41, 5.74) is 1.38. The van der Waals surface area contributed by atoms with Crippen molar-refractivity contribution in [2.24, 2.45) is 4.99 Å². The number of nitrogens with zero attached hydrogens (tertiary/aromatic N) is 1. The number of aromatic nitrogens is 1. The zero-order valence-corrected chi connectivity index (χ0v) is 10.7. The van der Waals surface area contributed by atoms with Crippen LogP contribution in [0, 0.1) is 3.57 Å². The maximum absolute atomic E-state index is 11.2. The lowest BCUT2D eigenvalue weighted by Gasteiger charge is -1.99. The lowest BCUT2D eigenvalue weighted by atomic mass is 10.2. The van der Waals surface area contributed by atoms with Gasteiger partial charge in [0, 0.05) is 20.9 Å². The van der Waals surface area contributed by atoms with E-state index in [9.17, 15) is 4.79 Å². The minimum absolute atomic E-state index is 0.345. The van der Waals surface area contributed by atoms with E-state index in [0.29, 0.717) is 11.4 Å². The Morgan fingerprint density at radius 1 is 1.73 bits per heavy atom. The summed E-state index contributed by atoms with van der Waals surface area (Å²) in [6.45, 7) is 5.14. The number of ether oxygens (including phenoxy) is 1. The van der Waals surface area contributed by atoms with Crippen LogP contribution in [0.5, 0.6) is 0 Å². The summed E-state index contributed by atoms with van der Waals surface area (Å²) in [4.78, 5) is 18.0. The highest BCUT2D eigenvalue weighted by molar-refractivity contribution is 14.1. The largest absolute Gasteiger partial charge is 0.466 e. The number of hydrogen-bond donors (Lipinski definition) is 1. The fourth-order valence-electron chi connectivity index (χ4n) is 1.10. The summed E-state index contributed by atoms with van der Waals surface area (Å²) in [5.74, 6) is 0.310. The van der Waals surface area contributed by atoms with Crippen LogP contribution in [0.15, 0.2) is 16.8 Å². The third kappa shape index (κ3) is 2.68. The highest BCUT2D eigenvalue weighted by atomic mass is 127. The predicted molar refractivity (Wildman–Crippen MR) is 68.4 cm³/mol. The first-order valence-corrected chi connectivity index (χ1v) is 5.28. The van der Waals surface area contributed by atoms with E-state index in [-0.39, 0.29) is 5.97 Å². The molecule has 4 nitrogen and oxygen atoms in total. The summed E-state index contributed by atoms with van der Waals surface area (Å²) < 4.78 is 5.59. The van der Waals surface area contributed by atoms with Crippen LogP contribution < -0.4 is 0 Å². The van der Waals surface area contributed by atoms with Crippen molar-refractivity contribution in [1.82, 2.24) is 4.98 Å². The molecule has 0 bridgehead atoms. The molecule has 5 heteroatoms. The normalized spacial score (nSPS) is 11.3. The van der Waals surface area contributed by atoms with Gasteiger partial charge in [-0.15, -0.1) is 0 Å². The maximum Gasteiger partial charge on any atom is 0.333 e. The van der Waals surface area contributed by atoms with Crippen molar-refractivity contribution in [2.45, 2.75) is 6.92 Å². The molecule has 1 heterocycles. The van der Waals surface area contributed by atoms with Gasteiger partial charge in [0.15, 0.2) is 0 Å². The van der Waals surface area contributed by atoms with Gasteiger partial charge in [-0.25, -0.2) is 9.79 Å². The van der Waals surface area contributed by atoms with Gasteiger partial charge in [0.25, 0.3) is 0 Å². The van der Waals surface area contributed by atoms with E-state index in [1.807, 2.05) is 0 Å². The van der Waals surface area contributed by atoms with E-state index in [0.717, 1.165) is 9.13 Å². The molecule has 0 fully saturated rings. The second-order valence-corrected chi connectivity index (χ2v) is 4.04. The van der Waals surface area contributed by atoms with Crippen LogP contribution in [0.25, 0.3) is 6.08 Å². The number of carbonyl (C=O) groups excluding carboxylic acids is 1. The highest BCUT2D eigenvalue weighted by Gasteiger charge is 2.09. The van der Waals surface area contributed by atoms with Crippen molar-refractivity contribution in [3.63, 3.8) is 0 Å². The SMILES string of the molecule is C=Nc1[nH]cc(I)c1/C=C(\C)C(=O)OC. The Kier molecular flexibility index (Phi) is 4.07. The quantitative estimate of drug-likeness (QED) is 0.403. The summed E-state index contributed by atoms with van der Waals surface area (Å²) in [5, 5.41) is 0. The number of hydrogen-bond acceptors (Lipinski definition) is 3. The second-order valence-electron chi connectivity index (χ2n) is 2.88. The number of aromatic amines is 1. The summed E-state index contributed by atoms with van der Waals surface area (Å²) in [7, 11) is 1.36. The Bertz CT molecular complexity index is 421. The van der Waals surface area contributed by atoms with Gasteiger partial charge < -0.3 is 9.72 Å². The van der Waals surface area contributed by atoms with E-state index >= 15 is 0 Å². The van der Waals surface area contributed by atoms with Crippen molar-refractivity contribution in [1.29, 1.82) is 0 Å². The molecule has 80 valence electrons.